The predicted octanol–water partition coefficient (Wildman–Crippen LogP) is 6.01. The summed E-state index contributed by atoms with van der Waals surface area (Å²) in [6, 6.07) is 30.9. The number of para-hydroxylation sites is 1. The van der Waals surface area contributed by atoms with Crippen LogP contribution in [0.2, 0.25) is 0 Å². The Bertz CT molecular complexity index is 1830. The maximum atomic E-state index is 14.0. The third-order valence-electron chi connectivity index (χ3n) is 9.07. The van der Waals surface area contributed by atoms with E-state index in [-0.39, 0.29) is 23.8 Å². The molecule has 5 aromatic rings. The second-order valence-corrected chi connectivity index (χ2v) is 12.3. The summed E-state index contributed by atoms with van der Waals surface area (Å²) < 4.78 is 1.95. The van der Waals surface area contributed by atoms with Crippen molar-refractivity contribution in [2.24, 2.45) is 13.0 Å². The number of fused-ring (bicyclic) bond motifs is 2. The summed E-state index contributed by atoms with van der Waals surface area (Å²) in [5, 5.41) is 9.44. The zero-order valence-electron chi connectivity index (χ0n) is 25.9. The molecule has 1 aliphatic carbocycles. The van der Waals surface area contributed by atoms with Gasteiger partial charge in [0.15, 0.2) is 0 Å². The van der Waals surface area contributed by atoms with Crippen molar-refractivity contribution in [1.29, 1.82) is 0 Å². The lowest BCUT2D eigenvalue weighted by Crippen LogP contribution is -2.54. The van der Waals surface area contributed by atoms with E-state index in [1.165, 1.54) is 0 Å². The van der Waals surface area contributed by atoms with E-state index in [0.29, 0.717) is 31.4 Å². The molecular formula is C38H40N4O3. The molecule has 1 aromatic heterocycles. The first-order valence-electron chi connectivity index (χ1n) is 15.8. The van der Waals surface area contributed by atoms with Gasteiger partial charge >= 0.3 is 0 Å². The minimum atomic E-state index is -0.747. The summed E-state index contributed by atoms with van der Waals surface area (Å²) >= 11 is 0. The van der Waals surface area contributed by atoms with Crippen molar-refractivity contribution in [2.45, 2.75) is 50.7 Å². The molecule has 230 valence electrons. The van der Waals surface area contributed by atoms with Crippen LogP contribution in [-0.4, -0.2) is 46.3 Å². The summed E-state index contributed by atoms with van der Waals surface area (Å²) in [6.45, 7) is 0.441. The summed E-state index contributed by atoms with van der Waals surface area (Å²) in [6.07, 6.45) is 5.42. The first kappa shape index (κ1) is 30.1. The third kappa shape index (κ3) is 6.78. The monoisotopic (exact) mass is 600 g/mol. The third-order valence-corrected chi connectivity index (χ3v) is 9.07. The molecular weight excluding hydrogens is 560 g/mol. The van der Waals surface area contributed by atoms with Crippen LogP contribution in [0.5, 0.6) is 0 Å². The lowest BCUT2D eigenvalue weighted by Gasteiger charge is -2.33. The Balaban J connectivity index is 1.22. The Labute approximate surface area is 264 Å². The van der Waals surface area contributed by atoms with Crippen molar-refractivity contribution in [2.75, 3.05) is 7.05 Å². The maximum Gasteiger partial charge on any atom is 0.253 e. The van der Waals surface area contributed by atoms with E-state index in [1.807, 2.05) is 90.6 Å². The molecule has 45 heavy (non-hydrogen) atoms. The fourth-order valence-corrected chi connectivity index (χ4v) is 6.67. The van der Waals surface area contributed by atoms with Crippen molar-refractivity contribution in [3.8, 4) is 0 Å². The van der Waals surface area contributed by atoms with Gasteiger partial charge in [-0.3, -0.25) is 14.4 Å². The highest BCUT2D eigenvalue weighted by atomic mass is 16.2. The van der Waals surface area contributed by atoms with E-state index >= 15 is 0 Å². The number of hydrogen-bond acceptors (Lipinski definition) is 3. The maximum absolute atomic E-state index is 14.0. The average molecular weight is 601 g/mol. The first-order valence-corrected chi connectivity index (χ1v) is 15.8. The van der Waals surface area contributed by atoms with Crippen LogP contribution in [0.1, 0.15) is 47.2 Å². The van der Waals surface area contributed by atoms with Gasteiger partial charge < -0.3 is 20.1 Å². The number of nitrogens with zero attached hydrogens (tertiary/aromatic N) is 2. The summed E-state index contributed by atoms with van der Waals surface area (Å²) in [5.74, 6) is -0.940. The Morgan fingerprint density at radius 2 is 1.56 bits per heavy atom. The molecule has 2 N–H and O–H groups in total. The molecule has 0 saturated heterocycles. The number of carbonyl (C=O) groups is 3. The smallest absolute Gasteiger partial charge is 0.253 e. The summed E-state index contributed by atoms with van der Waals surface area (Å²) in [7, 11) is 3.71. The Kier molecular flexibility index (Phi) is 8.96. The summed E-state index contributed by atoms with van der Waals surface area (Å²) in [4.78, 5) is 43.2. The van der Waals surface area contributed by atoms with Gasteiger partial charge in [0, 0.05) is 50.2 Å². The number of nitrogens with one attached hydrogen (secondary N) is 2. The normalized spacial score (nSPS) is 17.1. The van der Waals surface area contributed by atoms with Gasteiger partial charge in [-0.2, -0.15) is 0 Å². The molecule has 0 spiro atoms. The van der Waals surface area contributed by atoms with E-state index in [4.69, 9.17) is 0 Å². The van der Waals surface area contributed by atoms with Crippen LogP contribution in [0, 0.1) is 5.92 Å². The number of hydrogen-bond donors (Lipinski definition) is 2. The lowest BCUT2D eigenvalue weighted by molar-refractivity contribution is -0.137. The number of aromatic nitrogens is 1. The van der Waals surface area contributed by atoms with Crippen LogP contribution >= 0.6 is 0 Å². The molecule has 0 aliphatic heterocycles. The largest absolute Gasteiger partial charge is 0.350 e. The molecule has 1 saturated carbocycles. The molecule has 1 heterocycles. The van der Waals surface area contributed by atoms with Gasteiger partial charge in [0.2, 0.25) is 11.8 Å². The van der Waals surface area contributed by atoms with E-state index in [9.17, 15) is 14.4 Å². The zero-order chi connectivity index (χ0) is 31.3. The Morgan fingerprint density at radius 3 is 2.38 bits per heavy atom. The van der Waals surface area contributed by atoms with Gasteiger partial charge in [-0.25, -0.2) is 0 Å². The van der Waals surface area contributed by atoms with Crippen LogP contribution in [0.25, 0.3) is 21.7 Å². The second-order valence-electron chi connectivity index (χ2n) is 12.3. The number of aryl methyl sites for hydroxylation is 1. The lowest BCUT2D eigenvalue weighted by atomic mass is 9.83. The molecule has 1 fully saturated rings. The van der Waals surface area contributed by atoms with Crippen molar-refractivity contribution in [3.05, 3.63) is 120 Å². The standard InChI is InChI=1S/C38H40N4O3/c1-41-25-32(30-16-9-11-19-35(30)41)37(44)39-33-18-10-8-17-31(33)36(43)40-34(38(45)42(2)24-26-12-4-3-5-13-26)23-27-20-21-28-14-6-7-15-29(28)22-27/h3-7,9,11-16,19-22,25,31,33-34H,8,10,17-18,23-24H2,1-2H3,(H,39,44)(H,40,43)/t31-,33+,34+/m1/s1. The first-order chi connectivity index (χ1) is 21.9. The molecule has 0 radical (unpaired) electrons. The number of rotatable bonds is 9. The van der Waals surface area contributed by atoms with Gasteiger partial charge in [0.05, 0.1) is 11.5 Å². The minimum Gasteiger partial charge on any atom is -0.350 e. The molecule has 1 aliphatic rings. The Morgan fingerprint density at radius 1 is 0.844 bits per heavy atom. The van der Waals surface area contributed by atoms with Crippen molar-refractivity contribution >= 4 is 39.4 Å². The van der Waals surface area contributed by atoms with E-state index in [2.05, 4.69) is 34.9 Å². The molecule has 7 nitrogen and oxygen atoms in total. The van der Waals surface area contributed by atoms with Crippen LogP contribution < -0.4 is 10.6 Å². The zero-order valence-corrected chi connectivity index (χ0v) is 25.9. The van der Waals surface area contributed by atoms with Gasteiger partial charge in [-0.05, 0) is 40.8 Å². The predicted molar refractivity (Wildman–Crippen MR) is 179 cm³/mol. The fraction of sp³-hybridized carbons (Fsp3) is 0.289. The molecule has 6 rings (SSSR count). The summed E-state index contributed by atoms with van der Waals surface area (Å²) in [5.41, 5.74) is 3.58. The molecule has 7 heteroatoms. The molecule has 0 unspecified atom stereocenters. The van der Waals surface area contributed by atoms with Gasteiger partial charge in [-0.15, -0.1) is 0 Å². The molecule has 0 bridgehead atoms. The number of likely N-dealkylation sites (N-methyl/N-ethyl adjacent to an activating group) is 1. The fourth-order valence-electron chi connectivity index (χ4n) is 6.67. The minimum absolute atomic E-state index is 0.146. The molecule has 3 atom stereocenters. The van der Waals surface area contributed by atoms with Crippen LogP contribution in [0.3, 0.4) is 0 Å². The Hall–Kier alpha value is -4.91. The van der Waals surface area contributed by atoms with E-state index < -0.39 is 12.0 Å². The van der Waals surface area contributed by atoms with Crippen LogP contribution in [0.4, 0.5) is 0 Å². The van der Waals surface area contributed by atoms with Crippen molar-refractivity contribution < 1.29 is 14.4 Å². The average Bonchev–Trinajstić information content (AvgIpc) is 3.41. The number of amides is 3. The van der Waals surface area contributed by atoms with E-state index in [0.717, 1.165) is 45.6 Å². The highest BCUT2D eigenvalue weighted by Crippen LogP contribution is 2.27. The molecule has 3 amide bonds. The highest BCUT2D eigenvalue weighted by Gasteiger charge is 2.35. The van der Waals surface area contributed by atoms with Crippen LogP contribution in [0.15, 0.2) is 103 Å². The van der Waals surface area contributed by atoms with E-state index in [1.54, 1.807) is 11.9 Å². The second kappa shape index (κ2) is 13.4. The number of benzene rings is 4. The van der Waals surface area contributed by atoms with Gasteiger partial charge in [-0.1, -0.05) is 104 Å². The molecule has 4 aromatic carbocycles. The highest BCUT2D eigenvalue weighted by molar-refractivity contribution is 6.07. The van der Waals surface area contributed by atoms with Crippen LogP contribution in [-0.2, 0) is 29.6 Å². The van der Waals surface area contributed by atoms with Crippen molar-refractivity contribution in [1.82, 2.24) is 20.1 Å². The van der Waals surface area contributed by atoms with Crippen molar-refractivity contribution in [3.63, 3.8) is 0 Å². The number of carbonyl (C=O) groups excluding carboxylic acids is 3. The topological polar surface area (TPSA) is 83.4 Å². The van der Waals surface area contributed by atoms with Gasteiger partial charge in [0.25, 0.3) is 5.91 Å². The quantitative estimate of drug-likeness (QED) is 0.218. The SMILES string of the molecule is CN(Cc1ccccc1)C(=O)[C@H](Cc1ccc2ccccc2c1)NC(=O)[C@@H]1CCCC[C@@H]1NC(=O)c1cn(C)c2ccccc12. The van der Waals surface area contributed by atoms with Gasteiger partial charge in [0.1, 0.15) is 6.04 Å².